The molecule has 0 saturated carbocycles. The van der Waals surface area contributed by atoms with E-state index >= 15 is 0 Å². The molecule has 17 heavy (non-hydrogen) atoms. The van der Waals surface area contributed by atoms with Crippen LogP contribution in [-0.2, 0) is 10.8 Å². The predicted octanol–water partition coefficient (Wildman–Crippen LogP) is 3.21. The smallest absolute Gasteiger partial charge is 0.250 e. The van der Waals surface area contributed by atoms with E-state index in [1.165, 1.54) is 0 Å². The fraction of sp³-hybridized carbons (Fsp3) is 0.615. The number of oxazole rings is 1. The standard InChI is InChI=1S/C13H19N3O/c1-12(2,3)10-14-7-8-9(16-10)17-11(15-8)13(4,5)6/h7H,1-6H3. The molecule has 2 rings (SSSR count). The number of nitrogens with zero attached hydrogens (tertiary/aromatic N) is 3. The average molecular weight is 233 g/mol. The topological polar surface area (TPSA) is 51.8 Å². The molecule has 2 heterocycles. The van der Waals surface area contributed by atoms with Crippen molar-refractivity contribution >= 4 is 11.2 Å². The van der Waals surface area contributed by atoms with Gasteiger partial charge in [-0.25, -0.2) is 9.97 Å². The lowest BCUT2D eigenvalue weighted by molar-refractivity contribution is 0.405. The maximum absolute atomic E-state index is 5.71. The molecular formula is C13H19N3O. The molecule has 0 aliphatic heterocycles. The van der Waals surface area contributed by atoms with Crippen molar-refractivity contribution in [3.63, 3.8) is 0 Å². The lowest BCUT2D eigenvalue weighted by Gasteiger charge is -2.14. The second kappa shape index (κ2) is 3.52. The van der Waals surface area contributed by atoms with E-state index in [0.717, 1.165) is 11.3 Å². The third-order valence-corrected chi connectivity index (χ3v) is 2.46. The summed E-state index contributed by atoms with van der Waals surface area (Å²) in [7, 11) is 0. The summed E-state index contributed by atoms with van der Waals surface area (Å²) in [6, 6.07) is 0. The second-order valence-electron chi connectivity index (χ2n) is 6.40. The zero-order chi connectivity index (χ0) is 12.8. The third kappa shape index (κ3) is 2.30. The summed E-state index contributed by atoms with van der Waals surface area (Å²) in [5, 5.41) is 0. The van der Waals surface area contributed by atoms with Crippen molar-refractivity contribution in [3.05, 3.63) is 17.9 Å². The third-order valence-electron chi connectivity index (χ3n) is 2.46. The van der Waals surface area contributed by atoms with Gasteiger partial charge >= 0.3 is 0 Å². The molecule has 92 valence electrons. The van der Waals surface area contributed by atoms with Gasteiger partial charge in [0, 0.05) is 10.8 Å². The van der Waals surface area contributed by atoms with Crippen LogP contribution in [0.15, 0.2) is 10.6 Å². The van der Waals surface area contributed by atoms with Crippen LogP contribution < -0.4 is 0 Å². The van der Waals surface area contributed by atoms with Crippen LogP contribution in [0, 0.1) is 0 Å². The van der Waals surface area contributed by atoms with Crippen LogP contribution in [0.5, 0.6) is 0 Å². The van der Waals surface area contributed by atoms with Crippen molar-refractivity contribution < 1.29 is 4.42 Å². The Morgan fingerprint density at radius 1 is 0.941 bits per heavy atom. The minimum atomic E-state index is -0.109. The van der Waals surface area contributed by atoms with Gasteiger partial charge in [-0.3, -0.25) is 0 Å². The van der Waals surface area contributed by atoms with Gasteiger partial charge in [-0.1, -0.05) is 41.5 Å². The normalized spacial score (nSPS) is 13.3. The van der Waals surface area contributed by atoms with Gasteiger partial charge in [-0.2, -0.15) is 4.98 Å². The highest BCUT2D eigenvalue weighted by Gasteiger charge is 2.23. The van der Waals surface area contributed by atoms with Gasteiger partial charge in [-0.05, 0) is 0 Å². The monoisotopic (exact) mass is 233 g/mol. The molecule has 0 aliphatic carbocycles. The lowest BCUT2D eigenvalue weighted by Crippen LogP contribution is -2.15. The van der Waals surface area contributed by atoms with E-state index in [4.69, 9.17) is 4.42 Å². The lowest BCUT2D eigenvalue weighted by atomic mass is 9.96. The second-order valence-corrected chi connectivity index (χ2v) is 6.40. The fourth-order valence-electron chi connectivity index (χ4n) is 1.42. The number of fused-ring (bicyclic) bond motifs is 1. The summed E-state index contributed by atoms with van der Waals surface area (Å²) in [5.74, 6) is 1.48. The highest BCUT2D eigenvalue weighted by molar-refractivity contribution is 5.66. The Morgan fingerprint density at radius 3 is 2.12 bits per heavy atom. The van der Waals surface area contributed by atoms with Crippen LogP contribution in [0.1, 0.15) is 53.3 Å². The van der Waals surface area contributed by atoms with E-state index in [2.05, 4.69) is 56.5 Å². The zero-order valence-corrected chi connectivity index (χ0v) is 11.3. The van der Waals surface area contributed by atoms with Crippen LogP contribution >= 0.6 is 0 Å². The maximum atomic E-state index is 5.71. The molecule has 0 aromatic carbocycles. The number of hydrogen-bond donors (Lipinski definition) is 0. The molecule has 0 fully saturated rings. The van der Waals surface area contributed by atoms with Crippen LogP contribution in [0.3, 0.4) is 0 Å². The zero-order valence-electron chi connectivity index (χ0n) is 11.3. The van der Waals surface area contributed by atoms with Crippen molar-refractivity contribution in [2.75, 3.05) is 0 Å². The molecule has 2 aromatic heterocycles. The molecule has 0 radical (unpaired) electrons. The van der Waals surface area contributed by atoms with Gasteiger partial charge in [0.1, 0.15) is 11.3 Å². The first-order valence-corrected chi connectivity index (χ1v) is 5.82. The van der Waals surface area contributed by atoms with E-state index in [9.17, 15) is 0 Å². The summed E-state index contributed by atoms with van der Waals surface area (Å²) in [6.45, 7) is 12.4. The molecule has 0 spiro atoms. The fourth-order valence-corrected chi connectivity index (χ4v) is 1.42. The van der Waals surface area contributed by atoms with Gasteiger partial charge in [-0.15, -0.1) is 0 Å². The Labute approximate surface area is 101 Å². The van der Waals surface area contributed by atoms with Crippen molar-refractivity contribution in [2.24, 2.45) is 0 Å². The average Bonchev–Trinajstić information content (AvgIpc) is 2.57. The first-order chi connectivity index (χ1) is 7.68. The number of rotatable bonds is 0. The predicted molar refractivity (Wildman–Crippen MR) is 67.0 cm³/mol. The molecule has 0 amide bonds. The van der Waals surface area contributed by atoms with Crippen LogP contribution in [0.4, 0.5) is 0 Å². The molecule has 0 N–H and O–H groups in total. The van der Waals surface area contributed by atoms with Gasteiger partial charge in [0.25, 0.3) is 0 Å². The minimum Gasteiger partial charge on any atom is -0.422 e. The molecule has 0 saturated heterocycles. The molecular weight excluding hydrogens is 214 g/mol. The van der Waals surface area contributed by atoms with Crippen molar-refractivity contribution in [1.29, 1.82) is 0 Å². The number of hydrogen-bond acceptors (Lipinski definition) is 4. The highest BCUT2D eigenvalue weighted by atomic mass is 16.4. The summed E-state index contributed by atoms with van der Waals surface area (Å²) in [5.41, 5.74) is 1.11. The molecule has 0 bridgehead atoms. The summed E-state index contributed by atoms with van der Waals surface area (Å²) >= 11 is 0. The number of aromatic nitrogens is 3. The Hall–Kier alpha value is -1.45. The summed E-state index contributed by atoms with van der Waals surface area (Å²) < 4.78 is 5.71. The van der Waals surface area contributed by atoms with Crippen LogP contribution in [-0.4, -0.2) is 15.0 Å². The van der Waals surface area contributed by atoms with Crippen molar-refractivity contribution in [2.45, 2.75) is 52.4 Å². The van der Waals surface area contributed by atoms with Gasteiger partial charge in [0.15, 0.2) is 0 Å². The Kier molecular flexibility index (Phi) is 2.49. The molecule has 0 unspecified atom stereocenters. The largest absolute Gasteiger partial charge is 0.422 e. The summed E-state index contributed by atoms with van der Waals surface area (Å²) in [6.07, 6.45) is 1.74. The molecule has 4 nitrogen and oxygen atoms in total. The van der Waals surface area contributed by atoms with Crippen molar-refractivity contribution in [1.82, 2.24) is 15.0 Å². The first-order valence-electron chi connectivity index (χ1n) is 5.82. The van der Waals surface area contributed by atoms with Crippen LogP contribution in [0.25, 0.3) is 11.2 Å². The molecule has 0 atom stereocenters. The Morgan fingerprint density at radius 2 is 1.59 bits per heavy atom. The molecule has 2 aromatic rings. The SMILES string of the molecule is CC(C)(C)c1ncc2nc(C(C)(C)C)oc2n1. The molecule has 4 heteroatoms. The maximum Gasteiger partial charge on any atom is 0.250 e. The van der Waals surface area contributed by atoms with E-state index in [0.29, 0.717) is 11.6 Å². The van der Waals surface area contributed by atoms with Crippen LogP contribution in [0.2, 0.25) is 0 Å². The molecule has 0 aliphatic rings. The van der Waals surface area contributed by atoms with Gasteiger partial charge < -0.3 is 4.42 Å². The first kappa shape index (κ1) is 12.0. The highest BCUT2D eigenvalue weighted by Crippen LogP contribution is 2.26. The van der Waals surface area contributed by atoms with E-state index in [-0.39, 0.29) is 10.8 Å². The Bertz CT molecular complexity index is 532. The Balaban J connectivity index is 2.56. The van der Waals surface area contributed by atoms with E-state index < -0.39 is 0 Å². The minimum absolute atomic E-state index is 0.0805. The quantitative estimate of drug-likeness (QED) is 0.701. The van der Waals surface area contributed by atoms with Gasteiger partial charge in [0.2, 0.25) is 11.6 Å². The summed E-state index contributed by atoms with van der Waals surface area (Å²) in [4.78, 5) is 13.2. The van der Waals surface area contributed by atoms with E-state index in [1.54, 1.807) is 6.20 Å². The van der Waals surface area contributed by atoms with Crippen molar-refractivity contribution in [3.8, 4) is 0 Å². The van der Waals surface area contributed by atoms with E-state index in [1.807, 2.05) is 0 Å². The van der Waals surface area contributed by atoms with Gasteiger partial charge in [0.05, 0.1) is 6.20 Å².